The van der Waals surface area contributed by atoms with E-state index in [1.165, 1.54) is 11.8 Å². The highest BCUT2D eigenvalue weighted by atomic mass is 32.2. The zero-order valence-electron chi connectivity index (χ0n) is 10.0. The van der Waals surface area contributed by atoms with Crippen LogP contribution in [0.3, 0.4) is 0 Å². The lowest BCUT2D eigenvalue weighted by Crippen LogP contribution is -2.33. The number of carboxylic acids is 1. The Morgan fingerprint density at radius 2 is 2.33 bits per heavy atom. The second-order valence-corrected chi connectivity index (χ2v) is 5.85. The summed E-state index contributed by atoms with van der Waals surface area (Å²) in [6, 6.07) is 3.01. The smallest absolute Gasteiger partial charge is 0.321 e. The molecule has 1 unspecified atom stereocenters. The molecule has 0 radical (unpaired) electrons. The van der Waals surface area contributed by atoms with Crippen LogP contribution in [-0.4, -0.2) is 46.5 Å². The Kier molecular flexibility index (Phi) is 6.17. The quantitative estimate of drug-likeness (QED) is 0.777. The van der Waals surface area contributed by atoms with Gasteiger partial charge in [-0.05, 0) is 11.4 Å². The zero-order valence-corrected chi connectivity index (χ0v) is 11.7. The van der Waals surface area contributed by atoms with Gasteiger partial charge in [0.05, 0.1) is 12.3 Å². The molecule has 0 fully saturated rings. The van der Waals surface area contributed by atoms with E-state index in [2.05, 4.69) is 0 Å². The number of hydrogen-bond donors (Lipinski definition) is 2. The summed E-state index contributed by atoms with van der Waals surface area (Å²) < 4.78 is 0. The third-order valence-electron chi connectivity index (χ3n) is 2.24. The standard InChI is InChI=1S/C11H16N2O3S2/c1-13(5-8-3-2-4-18-8)10(14)7-17-6-9(12)11(15)16/h2-4,9H,5-7,12H2,1H3,(H,15,16). The van der Waals surface area contributed by atoms with Crippen LogP contribution in [0.25, 0.3) is 0 Å². The van der Waals surface area contributed by atoms with Crippen molar-refractivity contribution in [3.05, 3.63) is 22.4 Å². The molecule has 1 aromatic heterocycles. The molecule has 0 aliphatic heterocycles. The Balaban J connectivity index is 2.26. The van der Waals surface area contributed by atoms with Gasteiger partial charge in [-0.1, -0.05) is 6.07 Å². The molecule has 0 saturated carbocycles. The Bertz CT molecular complexity index is 395. The van der Waals surface area contributed by atoms with Gasteiger partial charge in [0, 0.05) is 17.7 Å². The van der Waals surface area contributed by atoms with Crippen LogP contribution >= 0.6 is 23.1 Å². The molecule has 1 heterocycles. The molecule has 0 aliphatic rings. The molecule has 0 aromatic carbocycles. The zero-order chi connectivity index (χ0) is 13.5. The predicted molar refractivity (Wildman–Crippen MR) is 73.7 cm³/mol. The first-order valence-corrected chi connectivity index (χ1v) is 7.36. The van der Waals surface area contributed by atoms with Gasteiger partial charge >= 0.3 is 5.97 Å². The highest BCUT2D eigenvalue weighted by Crippen LogP contribution is 2.12. The Labute approximate surface area is 114 Å². The van der Waals surface area contributed by atoms with Gasteiger partial charge in [-0.25, -0.2) is 0 Å². The van der Waals surface area contributed by atoms with Crippen molar-refractivity contribution in [2.24, 2.45) is 5.73 Å². The van der Waals surface area contributed by atoms with Crippen LogP contribution in [0.15, 0.2) is 17.5 Å². The molecule has 0 bridgehead atoms. The molecular formula is C11H16N2O3S2. The van der Waals surface area contributed by atoms with Crippen molar-refractivity contribution in [3.8, 4) is 0 Å². The molecule has 1 rings (SSSR count). The number of carbonyl (C=O) groups excluding carboxylic acids is 1. The Morgan fingerprint density at radius 1 is 1.61 bits per heavy atom. The van der Waals surface area contributed by atoms with Crippen molar-refractivity contribution < 1.29 is 14.7 Å². The van der Waals surface area contributed by atoms with Crippen molar-refractivity contribution in [2.45, 2.75) is 12.6 Å². The van der Waals surface area contributed by atoms with E-state index in [9.17, 15) is 9.59 Å². The average Bonchev–Trinajstić information content (AvgIpc) is 2.81. The lowest BCUT2D eigenvalue weighted by Gasteiger charge is -2.16. The maximum Gasteiger partial charge on any atom is 0.321 e. The van der Waals surface area contributed by atoms with Crippen LogP contribution in [0.4, 0.5) is 0 Å². The first kappa shape index (κ1) is 15.0. The first-order valence-electron chi connectivity index (χ1n) is 5.33. The third-order valence-corrected chi connectivity index (χ3v) is 4.15. The number of hydrogen-bond acceptors (Lipinski definition) is 5. The summed E-state index contributed by atoms with van der Waals surface area (Å²) in [5.74, 6) is -0.565. The molecule has 18 heavy (non-hydrogen) atoms. The van der Waals surface area contributed by atoms with E-state index in [1.807, 2.05) is 17.5 Å². The van der Waals surface area contributed by atoms with Gasteiger partial charge in [-0.3, -0.25) is 9.59 Å². The lowest BCUT2D eigenvalue weighted by atomic mass is 10.4. The normalized spacial score (nSPS) is 12.1. The van der Waals surface area contributed by atoms with E-state index in [0.717, 1.165) is 4.88 Å². The van der Waals surface area contributed by atoms with Crippen LogP contribution < -0.4 is 5.73 Å². The van der Waals surface area contributed by atoms with Crippen molar-refractivity contribution >= 4 is 35.0 Å². The van der Waals surface area contributed by atoms with E-state index in [4.69, 9.17) is 10.8 Å². The van der Waals surface area contributed by atoms with Crippen LogP contribution in [0.2, 0.25) is 0 Å². The molecule has 1 atom stereocenters. The number of aliphatic carboxylic acids is 1. The second-order valence-electron chi connectivity index (χ2n) is 3.79. The molecule has 100 valence electrons. The molecular weight excluding hydrogens is 272 g/mol. The van der Waals surface area contributed by atoms with E-state index in [-0.39, 0.29) is 17.4 Å². The van der Waals surface area contributed by atoms with Gasteiger partial charge < -0.3 is 15.7 Å². The third kappa shape index (κ3) is 5.07. The fourth-order valence-electron chi connectivity index (χ4n) is 1.18. The van der Waals surface area contributed by atoms with Gasteiger partial charge in [-0.2, -0.15) is 0 Å². The number of carboxylic acid groups (broad SMARTS) is 1. The maximum absolute atomic E-state index is 11.7. The van der Waals surface area contributed by atoms with Gasteiger partial charge in [0.1, 0.15) is 6.04 Å². The minimum absolute atomic E-state index is 0.0222. The number of rotatable bonds is 7. The summed E-state index contributed by atoms with van der Waals surface area (Å²) in [6.07, 6.45) is 0. The minimum Gasteiger partial charge on any atom is -0.480 e. The minimum atomic E-state index is -1.04. The van der Waals surface area contributed by atoms with Gasteiger partial charge in [-0.15, -0.1) is 23.1 Å². The summed E-state index contributed by atoms with van der Waals surface area (Å²) in [5.41, 5.74) is 5.34. The highest BCUT2D eigenvalue weighted by Gasteiger charge is 2.14. The molecule has 7 heteroatoms. The van der Waals surface area contributed by atoms with Gasteiger partial charge in [0.25, 0.3) is 0 Å². The molecule has 1 amide bonds. The van der Waals surface area contributed by atoms with E-state index >= 15 is 0 Å². The number of nitrogens with two attached hydrogens (primary N) is 1. The molecule has 3 N–H and O–H groups in total. The Morgan fingerprint density at radius 3 is 2.89 bits per heavy atom. The summed E-state index contributed by atoms with van der Waals surface area (Å²) in [4.78, 5) is 25.0. The fourth-order valence-corrected chi connectivity index (χ4v) is 2.85. The van der Waals surface area contributed by atoms with Crippen molar-refractivity contribution in [1.82, 2.24) is 4.90 Å². The van der Waals surface area contributed by atoms with Crippen LogP contribution in [0.5, 0.6) is 0 Å². The largest absolute Gasteiger partial charge is 0.480 e. The summed E-state index contributed by atoms with van der Waals surface area (Å²) in [7, 11) is 1.74. The maximum atomic E-state index is 11.7. The predicted octanol–water partition coefficient (Wildman–Crippen LogP) is 0.852. The number of thiophene rings is 1. The highest BCUT2D eigenvalue weighted by molar-refractivity contribution is 8.00. The van der Waals surface area contributed by atoms with Crippen molar-refractivity contribution in [1.29, 1.82) is 0 Å². The van der Waals surface area contributed by atoms with Gasteiger partial charge in [0.2, 0.25) is 5.91 Å². The molecule has 0 aliphatic carbocycles. The van der Waals surface area contributed by atoms with E-state index in [0.29, 0.717) is 6.54 Å². The number of amides is 1. The topological polar surface area (TPSA) is 83.6 Å². The molecule has 0 saturated heterocycles. The van der Waals surface area contributed by atoms with Crippen molar-refractivity contribution in [3.63, 3.8) is 0 Å². The average molecular weight is 288 g/mol. The van der Waals surface area contributed by atoms with E-state index < -0.39 is 12.0 Å². The summed E-state index contributed by atoms with van der Waals surface area (Å²) >= 11 is 2.85. The number of carbonyl (C=O) groups is 2. The monoisotopic (exact) mass is 288 g/mol. The molecule has 5 nitrogen and oxygen atoms in total. The van der Waals surface area contributed by atoms with Crippen LogP contribution in [-0.2, 0) is 16.1 Å². The van der Waals surface area contributed by atoms with Crippen molar-refractivity contribution in [2.75, 3.05) is 18.6 Å². The molecule has 1 aromatic rings. The first-order chi connectivity index (χ1) is 8.50. The number of nitrogens with zero attached hydrogens (tertiary/aromatic N) is 1. The summed E-state index contributed by atoms with van der Waals surface area (Å²) in [6.45, 7) is 0.585. The number of thioether (sulfide) groups is 1. The van der Waals surface area contributed by atoms with Crippen LogP contribution in [0.1, 0.15) is 4.88 Å². The van der Waals surface area contributed by atoms with Crippen LogP contribution in [0, 0.1) is 0 Å². The van der Waals surface area contributed by atoms with E-state index in [1.54, 1.807) is 23.3 Å². The SMILES string of the molecule is CN(Cc1cccs1)C(=O)CSCC(N)C(=O)O. The summed E-state index contributed by atoms with van der Waals surface area (Å²) in [5, 5.41) is 10.6. The van der Waals surface area contributed by atoms with Gasteiger partial charge in [0.15, 0.2) is 0 Å². The second kappa shape index (κ2) is 7.40. The Hall–Kier alpha value is -1.05. The lowest BCUT2D eigenvalue weighted by molar-refractivity contribution is -0.138. The molecule has 0 spiro atoms. The fraction of sp³-hybridized carbons (Fsp3) is 0.455.